The highest BCUT2D eigenvalue weighted by atomic mass is 19.1. The SMILES string of the molecule is CCC(C#N)CN(C)c1ccc(F)cc1F. The molecule has 4 heteroatoms. The van der Waals surface area contributed by atoms with Crippen molar-refractivity contribution in [1.29, 1.82) is 5.26 Å². The van der Waals surface area contributed by atoms with E-state index in [4.69, 9.17) is 5.26 Å². The topological polar surface area (TPSA) is 27.0 Å². The first-order valence-corrected chi connectivity index (χ1v) is 5.14. The average Bonchev–Trinajstić information content (AvgIpc) is 2.25. The molecule has 0 amide bonds. The lowest BCUT2D eigenvalue weighted by Crippen LogP contribution is -2.25. The zero-order chi connectivity index (χ0) is 12.1. The molecule has 0 fully saturated rings. The second-order valence-corrected chi connectivity index (χ2v) is 3.71. The summed E-state index contributed by atoms with van der Waals surface area (Å²) in [5.41, 5.74) is 0.315. The molecule has 0 bridgehead atoms. The monoisotopic (exact) mass is 224 g/mol. The van der Waals surface area contributed by atoms with E-state index in [-0.39, 0.29) is 5.92 Å². The van der Waals surface area contributed by atoms with Gasteiger partial charge in [-0.25, -0.2) is 8.78 Å². The van der Waals surface area contributed by atoms with Crippen LogP contribution in [0.15, 0.2) is 18.2 Å². The van der Waals surface area contributed by atoms with Crippen LogP contribution in [0.25, 0.3) is 0 Å². The maximum Gasteiger partial charge on any atom is 0.149 e. The zero-order valence-electron chi connectivity index (χ0n) is 9.37. The minimum atomic E-state index is -0.602. The number of rotatable bonds is 4. The molecule has 0 saturated heterocycles. The lowest BCUT2D eigenvalue weighted by Gasteiger charge is -2.21. The maximum absolute atomic E-state index is 13.4. The van der Waals surface area contributed by atoms with Gasteiger partial charge in [0.2, 0.25) is 0 Å². The van der Waals surface area contributed by atoms with Crippen LogP contribution in [0, 0.1) is 28.9 Å². The highest BCUT2D eigenvalue weighted by Gasteiger charge is 2.12. The summed E-state index contributed by atoms with van der Waals surface area (Å²) in [6, 6.07) is 5.59. The normalized spacial score (nSPS) is 11.9. The molecular formula is C12H14F2N2. The van der Waals surface area contributed by atoms with E-state index in [1.54, 1.807) is 11.9 Å². The number of nitrogens with zero attached hydrogens (tertiary/aromatic N) is 2. The van der Waals surface area contributed by atoms with Crippen molar-refractivity contribution in [2.45, 2.75) is 13.3 Å². The van der Waals surface area contributed by atoms with Crippen LogP contribution in [0.4, 0.5) is 14.5 Å². The molecule has 2 nitrogen and oxygen atoms in total. The predicted molar refractivity (Wildman–Crippen MR) is 59.0 cm³/mol. The third kappa shape index (κ3) is 2.93. The first-order valence-electron chi connectivity index (χ1n) is 5.14. The number of anilines is 1. The van der Waals surface area contributed by atoms with Crippen molar-refractivity contribution < 1.29 is 8.78 Å². The Kier molecular flexibility index (Phi) is 4.24. The number of hydrogen-bond donors (Lipinski definition) is 0. The summed E-state index contributed by atoms with van der Waals surface area (Å²) in [7, 11) is 1.69. The molecule has 86 valence electrons. The third-order valence-electron chi connectivity index (χ3n) is 2.49. The lowest BCUT2D eigenvalue weighted by atomic mass is 10.1. The maximum atomic E-state index is 13.4. The van der Waals surface area contributed by atoms with Gasteiger partial charge < -0.3 is 4.90 Å². The average molecular weight is 224 g/mol. The molecule has 1 aromatic carbocycles. The molecule has 0 heterocycles. The minimum Gasteiger partial charge on any atom is -0.371 e. The van der Waals surface area contributed by atoms with Crippen molar-refractivity contribution in [3.8, 4) is 6.07 Å². The van der Waals surface area contributed by atoms with Crippen molar-refractivity contribution in [2.75, 3.05) is 18.5 Å². The first kappa shape index (κ1) is 12.4. The van der Waals surface area contributed by atoms with Gasteiger partial charge in [-0.05, 0) is 18.6 Å². The molecular weight excluding hydrogens is 210 g/mol. The number of benzene rings is 1. The van der Waals surface area contributed by atoms with Gasteiger partial charge in [-0.2, -0.15) is 5.26 Å². The molecule has 0 spiro atoms. The van der Waals surface area contributed by atoms with Gasteiger partial charge in [0.15, 0.2) is 0 Å². The quantitative estimate of drug-likeness (QED) is 0.786. The molecule has 16 heavy (non-hydrogen) atoms. The second kappa shape index (κ2) is 5.45. The van der Waals surface area contributed by atoms with Crippen LogP contribution in [0.1, 0.15) is 13.3 Å². The Morgan fingerprint density at radius 1 is 1.44 bits per heavy atom. The molecule has 0 aliphatic heterocycles. The van der Waals surface area contributed by atoms with Gasteiger partial charge in [0.05, 0.1) is 17.7 Å². The van der Waals surface area contributed by atoms with E-state index in [2.05, 4.69) is 6.07 Å². The van der Waals surface area contributed by atoms with E-state index >= 15 is 0 Å². The summed E-state index contributed by atoms with van der Waals surface area (Å²) in [6.45, 7) is 2.35. The summed E-state index contributed by atoms with van der Waals surface area (Å²) < 4.78 is 26.1. The van der Waals surface area contributed by atoms with Crippen LogP contribution in [-0.2, 0) is 0 Å². The molecule has 0 saturated carbocycles. The lowest BCUT2D eigenvalue weighted by molar-refractivity contribution is 0.572. The Labute approximate surface area is 94.1 Å². The Hall–Kier alpha value is -1.63. The highest BCUT2D eigenvalue weighted by molar-refractivity contribution is 5.47. The fourth-order valence-corrected chi connectivity index (χ4v) is 1.48. The predicted octanol–water partition coefficient (Wildman–Crippen LogP) is 2.95. The van der Waals surface area contributed by atoms with Gasteiger partial charge in [0.1, 0.15) is 11.6 Å². The van der Waals surface area contributed by atoms with Gasteiger partial charge in [-0.15, -0.1) is 0 Å². The number of hydrogen-bond acceptors (Lipinski definition) is 2. The van der Waals surface area contributed by atoms with E-state index in [1.807, 2.05) is 6.92 Å². The molecule has 1 atom stereocenters. The second-order valence-electron chi connectivity index (χ2n) is 3.71. The van der Waals surface area contributed by atoms with Gasteiger partial charge in [0, 0.05) is 19.7 Å². The molecule has 1 unspecified atom stereocenters. The van der Waals surface area contributed by atoms with E-state index < -0.39 is 11.6 Å². The fourth-order valence-electron chi connectivity index (χ4n) is 1.48. The Morgan fingerprint density at radius 3 is 2.62 bits per heavy atom. The Balaban J connectivity index is 2.81. The van der Waals surface area contributed by atoms with Gasteiger partial charge in [-0.1, -0.05) is 6.92 Å². The van der Waals surface area contributed by atoms with Crippen LogP contribution < -0.4 is 4.90 Å². The van der Waals surface area contributed by atoms with E-state index in [0.29, 0.717) is 18.7 Å². The van der Waals surface area contributed by atoms with Gasteiger partial charge in [-0.3, -0.25) is 0 Å². The Bertz CT molecular complexity index is 398. The summed E-state index contributed by atoms with van der Waals surface area (Å²) >= 11 is 0. The van der Waals surface area contributed by atoms with Gasteiger partial charge >= 0.3 is 0 Å². The van der Waals surface area contributed by atoms with Crippen molar-refractivity contribution in [2.24, 2.45) is 5.92 Å². The van der Waals surface area contributed by atoms with Crippen molar-refractivity contribution >= 4 is 5.69 Å². The van der Waals surface area contributed by atoms with Crippen molar-refractivity contribution in [3.05, 3.63) is 29.8 Å². The smallest absolute Gasteiger partial charge is 0.149 e. The zero-order valence-corrected chi connectivity index (χ0v) is 9.37. The highest BCUT2D eigenvalue weighted by Crippen LogP contribution is 2.20. The summed E-state index contributed by atoms with van der Waals surface area (Å²) in [6.07, 6.45) is 0.712. The number of halogens is 2. The molecule has 0 aromatic heterocycles. The first-order chi connectivity index (χ1) is 7.58. The van der Waals surface area contributed by atoms with E-state index in [0.717, 1.165) is 6.07 Å². The van der Waals surface area contributed by atoms with Crippen LogP contribution in [-0.4, -0.2) is 13.6 Å². The minimum absolute atomic E-state index is 0.144. The molecule has 1 aromatic rings. The van der Waals surface area contributed by atoms with Crippen LogP contribution in [0.3, 0.4) is 0 Å². The van der Waals surface area contributed by atoms with E-state index in [9.17, 15) is 8.78 Å². The summed E-state index contributed by atoms with van der Waals surface area (Å²) in [5, 5.41) is 8.80. The molecule has 0 aliphatic carbocycles. The summed E-state index contributed by atoms with van der Waals surface area (Å²) in [5.74, 6) is -1.34. The van der Waals surface area contributed by atoms with Crippen molar-refractivity contribution in [1.82, 2.24) is 0 Å². The van der Waals surface area contributed by atoms with Crippen molar-refractivity contribution in [3.63, 3.8) is 0 Å². The molecule has 1 rings (SSSR count). The molecule has 0 N–H and O–H groups in total. The Morgan fingerprint density at radius 2 is 2.12 bits per heavy atom. The van der Waals surface area contributed by atoms with Crippen LogP contribution in [0.2, 0.25) is 0 Å². The van der Waals surface area contributed by atoms with Crippen LogP contribution in [0.5, 0.6) is 0 Å². The summed E-state index contributed by atoms with van der Waals surface area (Å²) in [4.78, 5) is 1.63. The largest absolute Gasteiger partial charge is 0.371 e. The molecule has 0 aliphatic rings. The standard InChI is InChI=1S/C12H14F2N2/c1-3-9(7-15)8-16(2)12-5-4-10(13)6-11(12)14/h4-6,9H,3,8H2,1-2H3. The van der Waals surface area contributed by atoms with E-state index in [1.165, 1.54) is 12.1 Å². The van der Waals surface area contributed by atoms with Gasteiger partial charge in [0.25, 0.3) is 0 Å². The third-order valence-corrected chi connectivity index (χ3v) is 2.49. The number of nitriles is 1. The fraction of sp³-hybridized carbons (Fsp3) is 0.417. The van der Waals surface area contributed by atoms with Crippen LogP contribution >= 0.6 is 0 Å². The molecule has 0 radical (unpaired) electrons.